The lowest BCUT2D eigenvalue weighted by Crippen LogP contribution is -2.53. The van der Waals surface area contributed by atoms with Gasteiger partial charge in [-0.2, -0.15) is 0 Å². The monoisotopic (exact) mass is 411 g/mol. The molecular weight excluding hydrogens is 390 g/mol. The molecule has 0 saturated carbocycles. The van der Waals surface area contributed by atoms with Crippen LogP contribution in [0.15, 0.2) is 48.5 Å². The lowest BCUT2D eigenvalue weighted by molar-refractivity contribution is -0.134. The third-order valence-electron chi connectivity index (χ3n) is 6.65. The number of fused-ring (bicyclic) bond motifs is 1. The van der Waals surface area contributed by atoms with Crippen LogP contribution in [0.2, 0.25) is 0 Å². The molecule has 3 amide bonds. The molecule has 1 unspecified atom stereocenters. The highest BCUT2D eigenvalue weighted by atomic mass is 16.2. The van der Waals surface area contributed by atoms with E-state index in [1.807, 2.05) is 30.3 Å². The van der Waals surface area contributed by atoms with Gasteiger partial charge in [0.15, 0.2) is 0 Å². The zero-order valence-corrected chi connectivity index (χ0v) is 17.1. The van der Waals surface area contributed by atoms with Gasteiger partial charge in [-0.1, -0.05) is 24.3 Å². The maximum Gasteiger partial charge on any atom is 0.259 e. The molecule has 3 aromatic carbocycles. The largest absolute Gasteiger partial charge is 0.340 e. The molecule has 6 nitrogen and oxygen atoms in total. The van der Waals surface area contributed by atoms with E-state index in [1.165, 1.54) is 16.8 Å². The van der Waals surface area contributed by atoms with E-state index in [0.717, 1.165) is 35.1 Å². The predicted octanol–water partition coefficient (Wildman–Crippen LogP) is 3.61. The SMILES string of the molecule is Cc1ccc2c(c1)N(c1ccc3c4c(cccc14)N(C1CCC(=O)NC1=O)C3=O)CC2. The molecule has 0 spiro atoms. The maximum absolute atomic E-state index is 13.3. The first-order chi connectivity index (χ1) is 15.0. The van der Waals surface area contributed by atoms with Crippen LogP contribution in [0.4, 0.5) is 17.1 Å². The van der Waals surface area contributed by atoms with Crippen LogP contribution in [0.5, 0.6) is 0 Å². The van der Waals surface area contributed by atoms with E-state index < -0.39 is 11.9 Å². The number of anilines is 3. The summed E-state index contributed by atoms with van der Waals surface area (Å²) in [6.45, 7) is 2.99. The Morgan fingerprint density at radius 1 is 0.935 bits per heavy atom. The van der Waals surface area contributed by atoms with Crippen molar-refractivity contribution in [2.75, 3.05) is 16.3 Å². The van der Waals surface area contributed by atoms with Crippen molar-refractivity contribution in [3.05, 3.63) is 65.2 Å². The summed E-state index contributed by atoms with van der Waals surface area (Å²) < 4.78 is 0. The number of rotatable bonds is 2. The Morgan fingerprint density at radius 3 is 2.65 bits per heavy atom. The number of piperidine rings is 1. The van der Waals surface area contributed by atoms with Gasteiger partial charge in [0.2, 0.25) is 11.8 Å². The third-order valence-corrected chi connectivity index (χ3v) is 6.65. The van der Waals surface area contributed by atoms with E-state index in [0.29, 0.717) is 12.0 Å². The number of benzene rings is 3. The molecule has 0 bridgehead atoms. The van der Waals surface area contributed by atoms with Crippen molar-refractivity contribution in [2.45, 2.75) is 32.2 Å². The summed E-state index contributed by atoms with van der Waals surface area (Å²) in [6.07, 6.45) is 1.56. The Hall–Kier alpha value is -3.67. The van der Waals surface area contributed by atoms with Gasteiger partial charge in [-0.15, -0.1) is 0 Å². The quantitative estimate of drug-likeness (QED) is 0.654. The van der Waals surface area contributed by atoms with Crippen LogP contribution >= 0.6 is 0 Å². The van der Waals surface area contributed by atoms with Crippen LogP contribution in [0.1, 0.15) is 34.3 Å². The molecule has 1 saturated heterocycles. The Labute approximate surface area is 179 Å². The van der Waals surface area contributed by atoms with Gasteiger partial charge < -0.3 is 4.90 Å². The van der Waals surface area contributed by atoms with Crippen LogP contribution in [-0.2, 0) is 16.0 Å². The zero-order chi connectivity index (χ0) is 21.3. The summed E-state index contributed by atoms with van der Waals surface area (Å²) in [6, 6.07) is 15.7. The van der Waals surface area contributed by atoms with E-state index in [9.17, 15) is 14.4 Å². The Bertz CT molecular complexity index is 1310. The molecular formula is C25H21N3O3. The first-order valence-electron chi connectivity index (χ1n) is 10.6. The van der Waals surface area contributed by atoms with Crippen LogP contribution in [0.3, 0.4) is 0 Å². The van der Waals surface area contributed by atoms with Crippen molar-refractivity contribution in [2.24, 2.45) is 0 Å². The fourth-order valence-electron chi connectivity index (χ4n) is 5.20. The molecule has 0 radical (unpaired) electrons. The molecule has 31 heavy (non-hydrogen) atoms. The number of aryl methyl sites for hydroxylation is 1. The van der Waals surface area contributed by atoms with Gasteiger partial charge in [0, 0.05) is 35.1 Å². The maximum atomic E-state index is 13.3. The predicted molar refractivity (Wildman–Crippen MR) is 119 cm³/mol. The fraction of sp³-hybridized carbons (Fsp3) is 0.240. The number of carbonyl (C=O) groups excluding carboxylic acids is 3. The molecule has 1 atom stereocenters. The molecule has 3 aliphatic rings. The second kappa shape index (κ2) is 6.41. The van der Waals surface area contributed by atoms with Gasteiger partial charge in [0.1, 0.15) is 6.04 Å². The van der Waals surface area contributed by atoms with Crippen molar-refractivity contribution >= 4 is 45.6 Å². The van der Waals surface area contributed by atoms with Gasteiger partial charge in [-0.3, -0.25) is 24.6 Å². The summed E-state index contributed by atoms with van der Waals surface area (Å²) in [7, 11) is 0. The lowest BCUT2D eigenvalue weighted by atomic mass is 10.0. The number of amides is 3. The van der Waals surface area contributed by atoms with E-state index >= 15 is 0 Å². The molecule has 3 aliphatic heterocycles. The molecule has 3 aromatic rings. The molecule has 6 heteroatoms. The van der Waals surface area contributed by atoms with Gasteiger partial charge in [-0.05, 0) is 55.2 Å². The van der Waals surface area contributed by atoms with Gasteiger partial charge >= 0.3 is 0 Å². The average molecular weight is 411 g/mol. The Balaban J connectivity index is 1.50. The van der Waals surface area contributed by atoms with E-state index in [2.05, 4.69) is 35.3 Å². The Kier molecular flexibility index (Phi) is 3.75. The summed E-state index contributed by atoms with van der Waals surface area (Å²) in [5.74, 6) is -0.864. The summed E-state index contributed by atoms with van der Waals surface area (Å²) in [5.41, 5.74) is 6.20. The fourth-order valence-corrected chi connectivity index (χ4v) is 5.20. The molecule has 154 valence electrons. The highest BCUT2D eigenvalue weighted by Gasteiger charge is 2.41. The van der Waals surface area contributed by atoms with Crippen molar-refractivity contribution in [3.63, 3.8) is 0 Å². The van der Waals surface area contributed by atoms with Crippen molar-refractivity contribution < 1.29 is 14.4 Å². The first kappa shape index (κ1) is 18.1. The van der Waals surface area contributed by atoms with Crippen LogP contribution in [0.25, 0.3) is 10.8 Å². The van der Waals surface area contributed by atoms with E-state index in [-0.39, 0.29) is 18.2 Å². The highest BCUT2D eigenvalue weighted by Crippen LogP contribution is 2.45. The number of imide groups is 1. The minimum Gasteiger partial charge on any atom is -0.340 e. The topological polar surface area (TPSA) is 69.7 Å². The molecule has 6 rings (SSSR count). The Morgan fingerprint density at radius 2 is 1.81 bits per heavy atom. The minimum atomic E-state index is -0.665. The number of hydrogen-bond donors (Lipinski definition) is 1. The zero-order valence-electron chi connectivity index (χ0n) is 17.1. The molecule has 1 N–H and O–H groups in total. The van der Waals surface area contributed by atoms with E-state index in [1.54, 1.807) is 4.90 Å². The third kappa shape index (κ3) is 2.54. The molecule has 3 heterocycles. The van der Waals surface area contributed by atoms with Crippen molar-refractivity contribution in [1.29, 1.82) is 0 Å². The normalized spacial score (nSPS) is 19.9. The van der Waals surface area contributed by atoms with Gasteiger partial charge in [0.25, 0.3) is 5.91 Å². The van der Waals surface area contributed by atoms with Crippen molar-refractivity contribution in [3.8, 4) is 0 Å². The first-order valence-corrected chi connectivity index (χ1v) is 10.6. The van der Waals surface area contributed by atoms with Crippen LogP contribution < -0.4 is 15.1 Å². The van der Waals surface area contributed by atoms with Gasteiger partial charge in [-0.25, -0.2) is 0 Å². The van der Waals surface area contributed by atoms with Crippen LogP contribution in [-0.4, -0.2) is 30.3 Å². The second-order valence-corrected chi connectivity index (χ2v) is 8.51. The van der Waals surface area contributed by atoms with E-state index in [4.69, 9.17) is 0 Å². The molecule has 0 aliphatic carbocycles. The number of carbonyl (C=O) groups is 3. The number of nitrogens with one attached hydrogen (secondary N) is 1. The lowest BCUT2D eigenvalue weighted by Gasteiger charge is -2.30. The van der Waals surface area contributed by atoms with Crippen LogP contribution in [0, 0.1) is 6.92 Å². The summed E-state index contributed by atoms with van der Waals surface area (Å²) in [5, 5.41) is 4.27. The molecule has 0 aromatic heterocycles. The number of hydrogen-bond acceptors (Lipinski definition) is 4. The minimum absolute atomic E-state index is 0.176. The smallest absolute Gasteiger partial charge is 0.259 e. The highest BCUT2D eigenvalue weighted by molar-refractivity contribution is 6.28. The van der Waals surface area contributed by atoms with Gasteiger partial charge in [0.05, 0.1) is 11.3 Å². The van der Waals surface area contributed by atoms with Crippen molar-refractivity contribution in [1.82, 2.24) is 5.32 Å². The number of nitrogens with zero attached hydrogens (tertiary/aromatic N) is 2. The summed E-state index contributed by atoms with van der Waals surface area (Å²) >= 11 is 0. The summed E-state index contributed by atoms with van der Waals surface area (Å²) in [4.78, 5) is 41.3. The standard InChI is InChI=1S/C25H21N3O3/c1-14-5-6-15-11-12-27(21(15)13-14)18-8-7-17-23-16(18)3-2-4-19(23)28(25(17)31)20-9-10-22(29)26-24(20)30/h2-8,13,20H,9-12H2,1H3,(H,26,29,30). The second-order valence-electron chi connectivity index (χ2n) is 8.51. The molecule has 1 fully saturated rings. The average Bonchev–Trinajstić information content (AvgIpc) is 3.29.